The van der Waals surface area contributed by atoms with E-state index in [0.29, 0.717) is 0 Å². The van der Waals surface area contributed by atoms with Gasteiger partial charge >= 0.3 is 0 Å². The van der Waals surface area contributed by atoms with Gasteiger partial charge in [-0.1, -0.05) is 25.5 Å². The largest absolute Gasteiger partial charge is 0.344 e. The van der Waals surface area contributed by atoms with Crippen molar-refractivity contribution in [1.82, 2.24) is 9.97 Å². The average molecular weight is 298 g/mol. The topological polar surface area (TPSA) is 32.3 Å². The third kappa shape index (κ3) is 3.97. The highest BCUT2D eigenvalue weighted by molar-refractivity contribution is 5.61. The van der Waals surface area contributed by atoms with E-state index in [2.05, 4.69) is 66.9 Å². The third-order valence-electron chi connectivity index (χ3n) is 3.72. The maximum absolute atomic E-state index is 4.74. The fourth-order valence-corrected chi connectivity index (χ4v) is 2.44. The molecule has 0 aliphatic heterocycles. The van der Waals surface area contributed by atoms with E-state index in [1.54, 1.807) is 0 Å². The van der Waals surface area contributed by atoms with Gasteiger partial charge in [0.05, 0.1) is 0 Å². The summed E-state index contributed by atoms with van der Waals surface area (Å²) in [6.45, 7) is 8.31. The van der Waals surface area contributed by atoms with Crippen molar-refractivity contribution in [2.24, 2.45) is 0 Å². The number of benzene rings is 1. The lowest BCUT2D eigenvalue weighted by Crippen LogP contribution is -2.23. The number of hydrogen-bond acceptors (Lipinski definition) is 4. The van der Waals surface area contributed by atoms with E-state index in [1.807, 2.05) is 12.3 Å². The minimum Gasteiger partial charge on any atom is -0.344 e. The molecule has 2 aromatic rings. The van der Waals surface area contributed by atoms with Crippen molar-refractivity contribution < 1.29 is 0 Å². The van der Waals surface area contributed by atoms with Gasteiger partial charge in [-0.25, -0.2) is 4.98 Å². The maximum atomic E-state index is 4.74. The zero-order valence-corrected chi connectivity index (χ0v) is 14.1. The minimum absolute atomic E-state index is 0.789. The molecular formula is C18H26N4. The van der Waals surface area contributed by atoms with E-state index in [4.69, 9.17) is 4.98 Å². The van der Waals surface area contributed by atoms with Crippen molar-refractivity contribution in [2.45, 2.75) is 33.6 Å². The molecule has 0 spiro atoms. The Bertz CT molecular complexity index is 597. The highest BCUT2D eigenvalue weighted by atomic mass is 15.3. The molecule has 1 heterocycles. The number of aromatic nitrogens is 2. The molecule has 0 saturated heterocycles. The molecule has 4 heteroatoms. The molecular weight excluding hydrogens is 272 g/mol. The first kappa shape index (κ1) is 16.3. The summed E-state index contributed by atoms with van der Waals surface area (Å²) in [6, 6.07) is 10.5. The number of hydrogen-bond donors (Lipinski definition) is 0. The summed E-state index contributed by atoms with van der Waals surface area (Å²) in [4.78, 5) is 13.5. The lowest BCUT2D eigenvalue weighted by Gasteiger charge is -2.24. The van der Waals surface area contributed by atoms with E-state index >= 15 is 0 Å². The van der Waals surface area contributed by atoms with Gasteiger partial charge in [0.15, 0.2) is 0 Å². The molecule has 0 fully saturated rings. The second-order valence-electron chi connectivity index (χ2n) is 5.57. The fraction of sp³-hybridized carbons (Fsp3) is 0.444. The Hall–Kier alpha value is -2.10. The third-order valence-corrected chi connectivity index (χ3v) is 3.72. The van der Waals surface area contributed by atoms with Gasteiger partial charge in [0.2, 0.25) is 5.95 Å². The molecule has 22 heavy (non-hydrogen) atoms. The van der Waals surface area contributed by atoms with E-state index in [1.165, 1.54) is 17.7 Å². The zero-order chi connectivity index (χ0) is 15.9. The number of unbranched alkanes of at least 4 members (excludes halogenated alkanes) is 1. The molecule has 0 aliphatic carbocycles. The molecule has 0 unspecified atom stereocenters. The molecule has 1 aromatic carbocycles. The molecule has 2 rings (SSSR count). The van der Waals surface area contributed by atoms with Crippen LogP contribution in [0.2, 0.25) is 0 Å². The van der Waals surface area contributed by atoms with Gasteiger partial charge in [-0.15, -0.1) is 0 Å². The van der Waals surface area contributed by atoms with Crippen LogP contribution in [-0.4, -0.2) is 30.1 Å². The lowest BCUT2D eigenvalue weighted by atomic mass is 10.2. The van der Waals surface area contributed by atoms with Crippen LogP contribution in [0, 0.1) is 6.92 Å². The summed E-state index contributed by atoms with van der Waals surface area (Å²) in [7, 11) is 2.05. The standard InChI is InChI=1S/C18H26N4/c1-5-7-13-21(4)18-19-12-11-17(20-18)22(6-2)16-10-8-9-15(3)14-16/h8-12,14H,5-7,13H2,1-4H3. The van der Waals surface area contributed by atoms with Crippen LogP contribution in [0.1, 0.15) is 32.3 Å². The lowest BCUT2D eigenvalue weighted by molar-refractivity contribution is 0.749. The fourth-order valence-electron chi connectivity index (χ4n) is 2.44. The Morgan fingerprint density at radius 3 is 2.64 bits per heavy atom. The number of rotatable bonds is 7. The van der Waals surface area contributed by atoms with Gasteiger partial charge in [-0.05, 0) is 44.0 Å². The van der Waals surface area contributed by atoms with Crippen molar-refractivity contribution >= 4 is 17.5 Å². The first-order valence-corrected chi connectivity index (χ1v) is 8.04. The molecule has 0 saturated carbocycles. The van der Waals surface area contributed by atoms with E-state index < -0.39 is 0 Å². The summed E-state index contributed by atoms with van der Waals surface area (Å²) in [6.07, 6.45) is 4.17. The molecule has 1 aromatic heterocycles. The van der Waals surface area contributed by atoms with Crippen molar-refractivity contribution in [3.05, 3.63) is 42.1 Å². The number of anilines is 3. The van der Waals surface area contributed by atoms with Crippen LogP contribution in [0.4, 0.5) is 17.5 Å². The van der Waals surface area contributed by atoms with Gasteiger partial charge in [0.1, 0.15) is 5.82 Å². The Labute approximate surface area is 133 Å². The van der Waals surface area contributed by atoms with Crippen LogP contribution in [0.25, 0.3) is 0 Å². The van der Waals surface area contributed by atoms with Crippen LogP contribution >= 0.6 is 0 Å². The van der Waals surface area contributed by atoms with Crippen molar-refractivity contribution in [2.75, 3.05) is 29.9 Å². The monoisotopic (exact) mass is 298 g/mol. The first-order valence-electron chi connectivity index (χ1n) is 8.04. The van der Waals surface area contributed by atoms with Gasteiger partial charge in [0.25, 0.3) is 0 Å². The summed E-state index contributed by atoms with van der Waals surface area (Å²) >= 11 is 0. The second kappa shape index (κ2) is 7.78. The van der Waals surface area contributed by atoms with Crippen LogP contribution < -0.4 is 9.80 Å². The summed E-state index contributed by atoms with van der Waals surface area (Å²) in [5.41, 5.74) is 2.42. The van der Waals surface area contributed by atoms with Crippen molar-refractivity contribution in [3.8, 4) is 0 Å². The van der Waals surface area contributed by atoms with Crippen LogP contribution in [0.15, 0.2) is 36.5 Å². The van der Waals surface area contributed by atoms with Crippen LogP contribution in [-0.2, 0) is 0 Å². The van der Waals surface area contributed by atoms with Crippen molar-refractivity contribution in [3.63, 3.8) is 0 Å². The minimum atomic E-state index is 0.789. The van der Waals surface area contributed by atoms with Crippen molar-refractivity contribution in [1.29, 1.82) is 0 Å². The summed E-state index contributed by atoms with van der Waals surface area (Å²) in [5.74, 6) is 1.73. The SMILES string of the molecule is CCCCN(C)c1nccc(N(CC)c2cccc(C)c2)n1. The quantitative estimate of drug-likeness (QED) is 0.767. The molecule has 0 N–H and O–H groups in total. The molecule has 0 amide bonds. The van der Waals surface area contributed by atoms with Crippen LogP contribution in [0.5, 0.6) is 0 Å². The van der Waals surface area contributed by atoms with Gasteiger partial charge in [-0.2, -0.15) is 4.98 Å². The van der Waals surface area contributed by atoms with Gasteiger partial charge in [0, 0.05) is 32.0 Å². The molecule has 4 nitrogen and oxygen atoms in total. The average Bonchev–Trinajstić information content (AvgIpc) is 2.54. The zero-order valence-electron chi connectivity index (χ0n) is 14.1. The maximum Gasteiger partial charge on any atom is 0.227 e. The smallest absolute Gasteiger partial charge is 0.227 e. The highest BCUT2D eigenvalue weighted by Crippen LogP contribution is 2.25. The van der Waals surface area contributed by atoms with Gasteiger partial charge in [-0.3, -0.25) is 0 Å². The van der Waals surface area contributed by atoms with Gasteiger partial charge < -0.3 is 9.80 Å². The van der Waals surface area contributed by atoms with E-state index in [9.17, 15) is 0 Å². The molecule has 118 valence electrons. The Balaban J connectivity index is 2.26. The van der Waals surface area contributed by atoms with Crippen LogP contribution in [0.3, 0.4) is 0 Å². The predicted molar refractivity (Wildman–Crippen MR) is 94.1 cm³/mol. The summed E-state index contributed by atoms with van der Waals surface area (Å²) in [5, 5.41) is 0. The van der Waals surface area contributed by atoms with E-state index in [0.717, 1.165) is 31.3 Å². The first-order chi connectivity index (χ1) is 10.7. The molecule has 0 atom stereocenters. The number of aryl methyl sites for hydroxylation is 1. The normalized spacial score (nSPS) is 10.5. The summed E-state index contributed by atoms with van der Waals surface area (Å²) < 4.78 is 0. The second-order valence-corrected chi connectivity index (χ2v) is 5.57. The molecule has 0 bridgehead atoms. The van der Waals surface area contributed by atoms with E-state index in [-0.39, 0.29) is 0 Å². The molecule has 0 aliphatic rings. The Kier molecular flexibility index (Phi) is 5.75. The highest BCUT2D eigenvalue weighted by Gasteiger charge is 2.11. The Morgan fingerprint density at radius 1 is 1.14 bits per heavy atom. The predicted octanol–water partition coefficient (Wildman–Crippen LogP) is 4.18. The number of nitrogens with zero attached hydrogens (tertiary/aromatic N) is 4. The Morgan fingerprint density at radius 2 is 1.95 bits per heavy atom. The molecule has 0 radical (unpaired) electrons.